The summed E-state index contributed by atoms with van der Waals surface area (Å²) in [6, 6.07) is 7.40. The lowest BCUT2D eigenvalue weighted by Crippen LogP contribution is -2.37. The van der Waals surface area contributed by atoms with Crippen molar-refractivity contribution in [3.8, 4) is 5.75 Å². The van der Waals surface area contributed by atoms with Gasteiger partial charge in [0.15, 0.2) is 0 Å². The van der Waals surface area contributed by atoms with Gasteiger partial charge in [-0.1, -0.05) is 6.92 Å². The molecule has 1 aromatic carbocycles. The van der Waals surface area contributed by atoms with E-state index in [9.17, 15) is 9.59 Å². The Hall–Kier alpha value is -2.30. The minimum atomic E-state index is -0.155. The summed E-state index contributed by atoms with van der Waals surface area (Å²) in [7, 11) is 1.61. The van der Waals surface area contributed by atoms with Gasteiger partial charge in [0.05, 0.1) is 13.7 Å². The maximum atomic E-state index is 12.3. The summed E-state index contributed by atoms with van der Waals surface area (Å²) in [4.78, 5) is 29.2. The van der Waals surface area contributed by atoms with Crippen molar-refractivity contribution >= 4 is 16.8 Å². The smallest absolute Gasteiger partial charge is 0.253 e. The number of benzene rings is 1. The molecule has 0 radical (unpaired) electrons. The second kappa shape index (κ2) is 7.31. The van der Waals surface area contributed by atoms with Crippen LogP contribution in [0, 0.1) is 0 Å². The Kier molecular flexibility index (Phi) is 5.42. The van der Waals surface area contributed by atoms with E-state index in [1.165, 1.54) is 0 Å². The van der Waals surface area contributed by atoms with Crippen molar-refractivity contribution in [1.82, 2.24) is 9.88 Å². The number of aromatic nitrogens is 1. The number of carbonyl (C=O) groups excluding carboxylic acids is 1. The zero-order valence-corrected chi connectivity index (χ0v) is 14.2. The Morgan fingerprint density at radius 2 is 2.04 bits per heavy atom. The average Bonchev–Trinajstić information content (AvgIpc) is 2.52. The maximum Gasteiger partial charge on any atom is 0.253 e. The van der Waals surface area contributed by atoms with E-state index in [0.29, 0.717) is 18.5 Å². The highest BCUT2D eigenvalue weighted by molar-refractivity contribution is 5.81. The van der Waals surface area contributed by atoms with Gasteiger partial charge >= 0.3 is 0 Å². The molecule has 2 rings (SSSR count). The minimum Gasteiger partial charge on any atom is -0.497 e. The molecule has 23 heavy (non-hydrogen) atoms. The number of nitrogens with zero attached hydrogens (tertiary/aromatic N) is 1. The summed E-state index contributed by atoms with van der Waals surface area (Å²) in [6.07, 6.45) is 1.30. The molecule has 1 heterocycles. The highest BCUT2D eigenvalue weighted by Gasteiger charge is 2.18. The quantitative estimate of drug-likeness (QED) is 0.891. The van der Waals surface area contributed by atoms with E-state index in [1.807, 2.05) is 45.0 Å². The Morgan fingerprint density at radius 1 is 1.30 bits per heavy atom. The molecule has 0 fully saturated rings. The molecule has 1 N–H and O–H groups in total. The third-order valence-corrected chi connectivity index (χ3v) is 3.88. The lowest BCUT2D eigenvalue weighted by Gasteiger charge is -2.26. The lowest BCUT2D eigenvalue weighted by molar-refractivity contribution is -0.133. The van der Waals surface area contributed by atoms with Gasteiger partial charge in [0, 0.05) is 28.9 Å². The monoisotopic (exact) mass is 316 g/mol. The molecule has 0 unspecified atom stereocenters. The number of rotatable bonds is 6. The van der Waals surface area contributed by atoms with Gasteiger partial charge in [0.2, 0.25) is 5.91 Å². The van der Waals surface area contributed by atoms with Crippen LogP contribution in [0.4, 0.5) is 0 Å². The predicted molar refractivity (Wildman–Crippen MR) is 91.7 cm³/mol. The van der Waals surface area contributed by atoms with Crippen LogP contribution in [0.25, 0.3) is 10.9 Å². The highest BCUT2D eigenvalue weighted by Crippen LogP contribution is 2.19. The fraction of sp³-hybridized carbons (Fsp3) is 0.444. The average molecular weight is 316 g/mol. The fourth-order valence-corrected chi connectivity index (χ4v) is 2.57. The van der Waals surface area contributed by atoms with Crippen molar-refractivity contribution in [3.05, 3.63) is 40.2 Å². The molecule has 0 spiro atoms. The first-order valence-electron chi connectivity index (χ1n) is 7.95. The van der Waals surface area contributed by atoms with Crippen LogP contribution in [0.1, 0.15) is 39.2 Å². The summed E-state index contributed by atoms with van der Waals surface area (Å²) < 4.78 is 5.23. The first-order chi connectivity index (χ1) is 11.0. The number of hydrogen-bond acceptors (Lipinski definition) is 3. The van der Waals surface area contributed by atoms with E-state index in [2.05, 4.69) is 4.98 Å². The molecule has 5 nitrogen and oxygen atoms in total. The molecule has 0 aliphatic rings. The summed E-state index contributed by atoms with van der Waals surface area (Å²) in [5.41, 5.74) is 1.19. The number of nitrogens with one attached hydrogen (secondary N) is 1. The van der Waals surface area contributed by atoms with Crippen molar-refractivity contribution in [2.75, 3.05) is 7.11 Å². The molecule has 1 aromatic heterocycles. The Balaban J connectivity index is 2.39. The molecular weight excluding hydrogens is 292 g/mol. The molecule has 0 saturated carbocycles. The number of pyridine rings is 1. The maximum absolute atomic E-state index is 12.3. The second-order valence-corrected chi connectivity index (χ2v) is 5.94. The first kappa shape index (κ1) is 17.1. The summed E-state index contributed by atoms with van der Waals surface area (Å²) in [5.74, 6) is 0.811. The number of fused-ring (bicyclic) bond motifs is 1. The molecule has 124 valence electrons. The SMILES string of the molecule is CCCC(=O)N(Cc1cc2cc(OC)ccc2[nH]c1=O)C(C)C. The van der Waals surface area contributed by atoms with Gasteiger partial charge in [0.25, 0.3) is 5.56 Å². The minimum absolute atomic E-state index is 0.0504. The van der Waals surface area contributed by atoms with Crippen molar-refractivity contribution in [2.24, 2.45) is 0 Å². The standard InChI is InChI=1S/C18H24N2O3/c1-5-6-17(21)20(12(2)3)11-14-9-13-10-15(23-4)7-8-16(13)19-18(14)22/h7-10,12H,5-6,11H2,1-4H3,(H,19,22). The van der Waals surface area contributed by atoms with E-state index in [-0.39, 0.29) is 17.5 Å². The highest BCUT2D eigenvalue weighted by atomic mass is 16.5. The van der Waals surface area contributed by atoms with E-state index < -0.39 is 0 Å². The number of hydrogen-bond donors (Lipinski definition) is 1. The van der Waals surface area contributed by atoms with Crippen molar-refractivity contribution in [1.29, 1.82) is 0 Å². The Bertz CT molecular complexity index is 750. The van der Waals surface area contributed by atoms with Gasteiger partial charge < -0.3 is 14.6 Å². The Labute approximate surface area is 136 Å². The van der Waals surface area contributed by atoms with Gasteiger partial charge in [0.1, 0.15) is 5.75 Å². The van der Waals surface area contributed by atoms with Crippen molar-refractivity contribution < 1.29 is 9.53 Å². The summed E-state index contributed by atoms with van der Waals surface area (Å²) in [5, 5.41) is 0.894. The van der Waals surface area contributed by atoms with Crippen LogP contribution in [-0.4, -0.2) is 28.9 Å². The number of carbonyl (C=O) groups is 1. The molecule has 5 heteroatoms. The van der Waals surface area contributed by atoms with E-state index in [1.54, 1.807) is 12.0 Å². The number of aromatic amines is 1. The molecule has 0 bridgehead atoms. The first-order valence-corrected chi connectivity index (χ1v) is 7.95. The normalized spacial score (nSPS) is 11.0. The molecule has 0 aliphatic heterocycles. The van der Waals surface area contributed by atoms with E-state index in [4.69, 9.17) is 4.74 Å². The molecule has 0 atom stereocenters. The Morgan fingerprint density at radius 3 is 2.65 bits per heavy atom. The predicted octanol–water partition coefficient (Wildman–Crippen LogP) is 3.07. The lowest BCUT2D eigenvalue weighted by atomic mass is 10.1. The van der Waals surface area contributed by atoms with Crippen LogP contribution >= 0.6 is 0 Å². The number of ether oxygens (including phenoxy) is 1. The van der Waals surface area contributed by atoms with Crippen molar-refractivity contribution in [2.45, 2.75) is 46.2 Å². The third kappa shape index (κ3) is 3.92. The molecule has 0 saturated heterocycles. The topological polar surface area (TPSA) is 62.4 Å². The van der Waals surface area contributed by atoms with Gasteiger partial charge in [-0.25, -0.2) is 0 Å². The summed E-state index contributed by atoms with van der Waals surface area (Å²) >= 11 is 0. The van der Waals surface area contributed by atoms with Gasteiger partial charge in [-0.2, -0.15) is 0 Å². The number of methoxy groups -OCH3 is 1. The zero-order valence-electron chi connectivity index (χ0n) is 14.2. The zero-order chi connectivity index (χ0) is 17.0. The van der Waals surface area contributed by atoms with Gasteiger partial charge in [-0.15, -0.1) is 0 Å². The van der Waals surface area contributed by atoms with Crippen LogP contribution in [0.15, 0.2) is 29.1 Å². The van der Waals surface area contributed by atoms with Crippen LogP contribution in [0.2, 0.25) is 0 Å². The second-order valence-electron chi connectivity index (χ2n) is 5.94. The largest absolute Gasteiger partial charge is 0.497 e. The molecule has 1 amide bonds. The van der Waals surface area contributed by atoms with Gasteiger partial charge in [-0.05, 0) is 44.5 Å². The van der Waals surface area contributed by atoms with Crippen LogP contribution < -0.4 is 10.3 Å². The van der Waals surface area contributed by atoms with Gasteiger partial charge in [-0.3, -0.25) is 9.59 Å². The molecule has 2 aromatic rings. The molecule has 0 aliphatic carbocycles. The fourth-order valence-electron chi connectivity index (χ4n) is 2.57. The van der Waals surface area contributed by atoms with Crippen LogP contribution in [0.5, 0.6) is 5.75 Å². The van der Waals surface area contributed by atoms with E-state index >= 15 is 0 Å². The number of H-pyrrole nitrogens is 1. The summed E-state index contributed by atoms with van der Waals surface area (Å²) in [6.45, 7) is 6.22. The number of amides is 1. The third-order valence-electron chi connectivity index (χ3n) is 3.88. The van der Waals surface area contributed by atoms with Crippen molar-refractivity contribution in [3.63, 3.8) is 0 Å². The van der Waals surface area contributed by atoms with E-state index in [0.717, 1.165) is 23.1 Å². The molecular formula is C18H24N2O3. The van der Waals surface area contributed by atoms with Crippen LogP contribution in [-0.2, 0) is 11.3 Å². The van der Waals surface area contributed by atoms with Crippen LogP contribution in [0.3, 0.4) is 0 Å².